The van der Waals surface area contributed by atoms with Gasteiger partial charge in [0.2, 0.25) is 20.2 Å². The van der Waals surface area contributed by atoms with Crippen LogP contribution >= 0.6 is 11.3 Å². The maximum Gasteiger partial charge on any atom is 0.282 e. The zero-order chi connectivity index (χ0) is 11.5. The number of nitrogens with zero attached hydrogens (tertiary/aromatic N) is 2. The summed E-state index contributed by atoms with van der Waals surface area (Å²) in [6.07, 6.45) is 0. The van der Waals surface area contributed by atoms with Gasteiger partial charge in [-0.15, -0.1) is 10.2 Å². The lowest BCUT2D eigenvalue weighted by molar-refractivity contribution is 0.0955. The number of nitrogens with two attached hydrogens (primary N) is 2. The largest absolute Gasteiger partial charge is 0.374 e. The van der Waals surface area contributed by atoms with E-state index in [2.05, 4.69) is 15.5 Å². The Bertz CT molecular complexity index is 453. The Morgan fingerprint density at radius 1 is 1.47 bits per heavy atom. The highest BCUT2D eigenvalue weighted by Gasteiger charge is 2.11. The van der Waals surface area contributed by atoms with Gasteiger partial charge in [0.05, 0.1) is 5.75 Å². The molecule has 1 heterocycles. The molecule has 0 aromatic carbocycles. The van der Waals surface area contributed by atoms with Crippen LogP contribution in [0.25, 0.3) is 0 Å². The molecule has 1 aromatic heterocycles. The fraction of sp³-hybridized carbons (Fsp3) is 0.400. The number of hydrogen-bond acceptors (Lipinski definition) is 7. The molecule has 0 aliphatic heterocycles. The van der Waals surface area contributed by atoms with E-state index in [1.807, 2.05) is 0 Å². The normalized spacial score (nSPS) is 11.3. The summed E-state index contributed by atoms with van der Waals surface area (Å²) < 4.78 is 21.1. The van der Waals surface area contributed by atoms with Crippen molar-refractivity contribution >= 4 is 32.4 Å². The Balaban J connectivity index is 2.44. The van der Waals surface area contributed by atoms with Crippen molar-refractivity contribution in [3.63, 3.8) is 0 Å². The Labute approximate surface area is 89.7 Å². The molecule has 1 aromatic rings. The predicted octanol–water partition coefficient (Wildman–Crippen LogP) is -1.86. The number of nitrogen functional groups attached to an aromatic ring is 1. The summed E-state index contributed by atoms with van der Waals surface area (Å²) in [7, 11) is -3.57. The summed E-state index contributed by atoms with van der Waals surface area (Å²) in [5.41, 5.74) is 5.26. The van der Waals surface area contributed by atoms with Gasteiger partial charge in [0.1, 0.15) is 0 Å². The molecule has 84 valence electrons. The second-order valence-electron chi connectivity index (χ2n) is 2.57. The second kappa shape index (κ2) is 4.51. The van der Waals surface area contributed by atoms with E-state index < -0.39 is 15.9 Å². The van der Waals surface area contributed by atoms with Crippen molar-refractivity contribution in [2.75, 3.05) is 18.0 Å². The van der Waals surface area contributed by atoms with Crippen LogP contribution in [0.3, 0.4) is 0 Å². The summed E-state index contributed by atoms with van der Waals surface area (Å²) in [6, 6.07) is 0. The molecule has 0 aliphatic rings. The summed E-state index contributed by atoms with van der Waals surface area (Å²) in [5, 5.41) is 14.2. The van der Waals surface area contributed by atoms with Crippen molar-refractivity contribution in [3.8, 4) is 0 Å². The number of aromatic nitrogens is 2. The third-order valence-electron chi connectivity index (χ3n) is 1.31. The number of primary sulfonamides is 1. The quantitative estimate of drug-likeness (QED) is 0.573. The topological polar surface area (TPSA) is 141 Å². The van der Waals surface area contributed by atoms with Gasteiger partial charge in [0, 0.05) is 6.54 Å². The molecule has 15 heavy (non-hydrogen) atoms. The zero-order valence-corrected chi connectivity index (χ0v) is 9.14. The van der Waals surface area contributed by atoms with Crippen molar-refractivity contribution in [3.05, 3.63) is 5.01 Å². The summed E-state index contributed by atoms with van der Waals surface area (Å²) in [4.78, 5) is 11.2. The minimum Gasteiger partial charge on any atom is -0.374 e. The lowest BCUT2D eigenvalue weighted by Gasteiger charge is -2.00. The van der Waals surface area contributed by atoms with Crippen LogP contribution in [0.5, 0.6) is 0 Å². The van der Waals surface area contributed by atoms with E-state index >= 15 is 0 Å². The molecular weight excluding hydrogens is 242 g/mol. The maximum absolute atomic E-state index is 11.2. The highest BCUT2D eigenvalue weighted by Crippen LogP contribution is 2.09. The van der Waals surface area contributed by atoms with Gasteiger partial charge in [0.15, 0.2) is 0 Å². The van der Waals surface area contributed by atoms with E-state index in [0.717, 1.165) is 11.3 Å². The number of anilines is 1. The van der Waals surface area contributed by atoms with Gasteiger partial charge in [-0.05, 0) is 0 Å². The van der Waals surface area contributed by atoms with Crippen molar-refractivity contribution in [2.45, 2.75) is 0 Å². The molecule has 0 unspecified atom stereocenters. The molecule has 10 heteroatoms. The van der Waals surface area contributed by atoms with Gasteiger partial charge in [-0.2, -0.15) is 0 Å². The van der Waals surface area contributed by atoms with Crippen molar-refractivity contribution in [1.29, 1.82) is 0 Å². The fourth-order valence-electron chi connectivity index (χ4n) is 0.709. The van der Waals surface area contributed by atoms with Crippen LogP contribution in [0.15, 0.2) is 0 Å². The predicted molar refractivity (Wildman–Crippen MR) is 54.6 cm³/mol. The van der Waals surface area contributed by atoms with Gasteiger partial charge >= 0.3 is 0 Å². The monoisotopic (exact) mass is 251 g/mol. The average Bonchev–Trinajstić information content (AvgIpc) is 2.49. The average molecular weight is 251 g/mol. The van der Waals surface area contributed by atoms with Crippen LogP contribution in [0.1, 0.15) is 9.80 Å². The standard InChI is InChI=1S/C5H9N5O3S2/c6-5-10-9-4(14-5)3(11)8-1-2-15(7,12)13/h1-2H2,(H2,6,10)(H,8,11)(H2,7,12,13). The van der Waals surface area contributed by atoms with E-state index in [9.17, 15) is 13.2 Å². The third-order valence-corrected chi connectivity index (χ3v) is 2.83. The van der Waals surface area contributed by atoms with Gasteiger partial charge in [-0.25, -0.2) is 13.6 Å². The number of carbonyl (C=O) groups excluding carboxylic acids is 1. The minimum absolute atomic E-state index is 0.0723. The molecule has 0 fully saturated rings. The van der Waals surface area contributed by atoms with Gasteiger partial charge in [-0.3, -0.25) is 4.79 Å². The van der Waals surface area contributed by atoms with Gasteiger partial charge in [-0.1, -0.05) is 11.3 Å². The first-order valence-electron chi connectivity index (χ1n) is 3.76. The molecule has 1 rings (SSSR count). The number of rotatable bonds is 4. The van der Waals surface area contributed by atoms with E-state index in [4.69, 9.17) is 10.9 Å². The maximum atomic E-state index is 11.2. The molecule has 0 saturated carbocycles. The lowest BCUT2D eigenvalue weighted by Crippen LogP contribution is -2.31. The van der Waals surface area contributed by atoms with Crippen molar-refractivity contribution < 1.29 is 13.2 Å². The first kappa shape index (κ1) is 11.8. The molecule has 0 radical (unpaired) electrons. The summed E-state index contributed by atoms with van der Waals surface area (Å²) in [6.45, 7) is -0.0723. The molecular formula is C5H9N5O3S2. The smallest absolute Gasteiger partial charge is 0.282 e. The highest BCUT2D eigenvalue weighted by atomic mass is 32.2. The van der Waals surface area contributed by atoms with Crippen LogP contribution < -0.4 is 16.2 Å². The summed E-state index contributed by atoms with van der Waals surface area (Å²) in [5.74, 6) is -0.847. The van der Waals surface area contributed by atoms with Crippen LogP contribution in [0.2, 0.25) is 0 Å². The van der Waals surface area contributed by atoms with E-state index in [-0.39, 0.29) is 22.4 Å². The van der Waals surface area contributed by atoms with E-state index in [0.29, 0.717) is 0 Å². The molecule has 1 amide bonds. The van der Waals surface area contributed by atoms with Crippen LogP contribution in [-0.2, 0) is 10.0 Å². The molecule has 0 spiro atoms. The Morgan fingerprint density at radius 2 is 2.13 bits per heavy atom. The Morgan fingerprint density at radius 3 is 2.60 bits per heavy atom. The Kier molecular flexibility index (Phi) is 3.55. The number of amides is 1. The third kappa shape index (κ3) is 4.18. The van der Waals surface area contributed by atoms with Crippen LogP contribution in [0.4, 0.5) is 5.13 Å². The highest BCUT2D eigenvalue weighted by molar-refractivity contribution is 7.89. The van der Waals surface area contributed by atoms with Gasteiger partial charge < -0.3 is 11.1 Å². The number of nitrogens with one attached hydrogen (secondary N) is 1. The van der Waals surface area contributed by atoms with Crippen LogP contribution in [0, 0.1) is 0 Å². The van der Waals surface area contributed by atoms with Crippen molar-refractivity contribution in [1.82, 2.24) is 15.5 Å². The minimum atomic E-state index is -3.57. The molecule has 0 atom stereocenters. The van der Waals surface area contributed by atoms with E-state index in [1.165, 1.54) is 0 Å². The number of sulfonamides is 1. The SMILES string of the molecule is Nc1nnc(C(=O)NCCS(N)(=O)=O)s1. The zero-order valence-electron chi connectivity index (χ0n) is 7.50. The molecule has 0 aliphatic carbocycles. The molecule has 5 N–H and O–H groups in total. The number of carbonyl (C=O) groups is 1. The first-order valence-corrected chi connectivity index (χ1v) is 6.29. The van der Waals surface area contributed by atoms with Crippen molar-refractivity contribution in [2.24, 2.45) is 5.14 Å². The summed E-state index contributed by atoms with van der Waals surface area (Å²) >= 11 is 0.917. The molecule has 0 bridgehead atoms. The van der Waals surface area contributed by atoms with Crippen LogP contribution in [-0.4, -0.2) is 36.8 Å². The second-order valence-corrected chi connectivity index (χ2v) is 5.31. The van der Waals surface area contributed by atoms with E-state index in [1.54, 1.807) is 0 Å². The lowest BCUT2D eigenvalue weighted by atomic mass is 10.6. The van der Waals surface area contributed by atoms with Gasteiger partial charge in [0.25, 0.3) is 5.91 Å². The Hall–Kier alpha value is -1.26. The first-order chi connectivity index (χ1) is 6.88. The molecule has 0 saturated heterocycles. The molecule has 8 nitrogen and oxygen atoms in total. The number of hydrogen-bond donors (Lipinski definition) is 3. The fourth-order valence-corrected chi connectivity index (χ4v) is 1.62.